The fraction of sp³-hybridized carbons (Fsp3) is 0.333. The standard InChI is InChI=1S/C30H31NO8/c1-3-4-5-12-37-22-10-8-19(16-24(22)35-2)27-26(29(33)30(34)31(27)18-21-7-6-13-36-21)28(32)20-9-11-23-25(17-20)39-15-14-38-23/h6-11,13,16-17,27,32H,3-5,12,14-15,18H2,1-2H3. The maximum Gasteiger partial charge on any atom is 0.296 e. The van der Waals surface area contributed by atoms with Crippen molar-refractivity contribution in [2.45, 2.75) is 38.8 Å². The zero-order valence-electron chi connectivity index (χ0n) is 22.0. The molecule has 2 aromatic carbocycles. The van der Waals surface area contributed by atoms with E-state index in [9.17, 15) is 14.7 Å². The Morgan fingerprint density at radius 3 is 2.59 bits per heavy atom. The van der Waals surface area contributed by atoms with Gasteiger partial charge in [-0.05, 0) is 54.4 Å². The van der Waals surface area contributed by atoms with Gasteiger partial charge in [0.1, 0.15) is 24.7 Å². The van der Waals surface area contributed by atoms with Gasteiger partial charge >= 0.3 is 0 Å². The summed E-state index contributed by atoms with van der Waals surface area (Å²) in [6, 6.07) is 12.7. The fourth-order valence-electron chi connectivity index (χ4n) is 4.81. The van der Waals surface area contributed by atoms with Crippen LogP contribution in [0.3, 0.4) is 0 Å². The number of Topliss-reactive ketones (excluding diaryl/α,β-unsaturated/α-hetero) is 1. The number of nitrogens with zero attached hydrogens (tertiary/aromatic N) is 1. The summed E-state index contributed by atoms with van der Waals surface area (Å²) in [6.45, 7) is 3.51. The van der Waals surface area contributed by atoms with E-state index < -0.39 is 17.7 Å². The van der Waals surface area contributed by atoms with Crippen LogP contribution in [-0.4, -0.2) is 48.6 Å². The van der Waals surface area contributed by atoms with Gasteiger partial charge < -0.3 is 33.4 Å². The second-order valence-electron chi connectivity index (χ2n) is 9.33. The minimum Gasteiger partial charge on any atom is -0.507 e. The molecular formula is C30H31NO8. The van der Waals surface area contributed by atoms with Crippen molar-refractivity contribution < 1.29 is 38.1 Å². The number of likely N-dealkylation sites (tertiary alicyclic amines) is 1. The van der Waals surface area contributed by atoms with Crippen LogP contribution in [0.2, 0.25) is 0 Å². The summed E-state index contributed by atoms with van der Waals surface area (Å²) in [5.74, 6) is 0.691. The SMILES string of the molecule is CCCCCOc1ccc(C2C(=C(O)c3ccc4c(c3)OCCO4)C(=O)C(=O)N2Cc2ccco2)cc1OC. The molecule has 1 amide bonds. The fourth-order valence-corrected chi connectivity index (χ4v) is 4.81. The first-order valence-electron chi connectivity index (χ1n) is 13.0. The van der Waals surface area contributed by atoms with E-state index in [1.807, 2.05) is 0 Å². The van der Waals surface area contributed by atoms with E-state index in [1.54, 1.807) is 48.5 Å². The minimum atomic E-state index is -0.897. The van der Waals surface area contributed by atoms with E-state index in [-0.39, 0.29) is 17.9 Å². The van der Waals surface area contributed by atoms with Gasteiger partial charge in [0.2, 0.25) is 0 Å². The predicted octanol–water partition coefficient (Wildman–Crippen LogP) is 5.25. The molecule has 2 aliphatic rings. The molecule has 1 fully saturated rings. The molecule has 9 nitrogen and oxygen atoms in total. The molecule has 1 saturated heterocycles. The zero-order valence-corrected chi connectivity index (χ0v) is 22.0. The zero-order chi connectivity index (χ0) is 27.4. The number of aliphatic hydroxyl groups is 1. The molecule has 3 aromatic rings. The number of ether oxygens (including phenoxy) is 4. The Morgan fingerprint density at radius 1 is 1.03 bits per heavy atom. The van der Waals surface area contributed by atoms with Gasteiger partial charge in [0.15, 0.2) is 23.0 Å². The molecule has 0 bridgehead atoms. The molecule has 1 atom stereocenters. The summed E-state index contributed by atoms with van der Waals surface area (Å²) in [4.78, 5) is 28.1. The highest BCUT2D eigenvalue weighted by Gasteiger charge is 2.46. The van der Waals surface area contributed by atoms with Crippen LogP contribution >= 0.6 is 0 Å². The maximum absolute atomic E-state index is 13.4. The van der Waals surface area contributed by atoms with Gasteiger partial charge in [-0.15, -0.1) is 0 Å². The summed E-state index contributed by atoms with van der Waals surface area (Å²) in [7, 11) is 1.53. The number of aliphatic hydroxyl groups excluding tert-OH is 1. The number of ketones is 1. The number of unbranched alkanes of at least 4 members (excludes halogenated alkanes) is 2. The number of methoxy groups -OCH3 is 1. The number of benzene rings is 2. The van der Waals surface area contributed by atoms with Crippen molar-refractivity contribution in [2.24, 2.45) is 0 Å². The van der Waals surface area contributed by atoms with Crippen molar-refractivity contribution in [1.29, 1.82) is 0 Å². The van der Waals surface area contributed by atoms with Crippen molar-refractivity contribution in [3.63, 3.8) is 0 Å². The lowest BCUT2D eigenvalue weighted by atomic mass is 9.94. The Bertz CT molecular complexity index is 1380. The van der Waals surface area contributed by atoms with Gasteiger partial charge in [0.05, 0.1) is 38.1 Å². The molecule has 2 aliphatic heterocycles. The van der Waals surface area contributed by atoms with Crippen molar-refractivity contribution in [3.05, 3.63) is 77.3 Å². The highest BCUT2D eigenvalue weighted by Crippen LogP contribution is 2.43. The van der Waals surface area contributed by atoms with Gasteiger partial charge in [-0.25, -0.2) is 0 Å². The number of fused-ring (bicyclic) bond motifs is 1. The quantitative estimate of drug-likeness (QED) is 0.163. The minimum absolute atomic E-state index is 0.0394. The predicted molar refractivity (Wildman–Crippen MR) is 142 cm³/mol. The second kappa shape index (κ2) is 11.6. The van der Waals surface area contributed by atoms with E-state index in [4.69, 9.17) is 23.4 Å². The number of carbonyl (C=O) groups excluding carboxylic acids is 2. The topological polar surface area (TPSA) is 108 Å². The molecular weight excluding hydrogens is 502 g/mol. The monoisotopic (exact) mass is 533 g/mol. The van der Waals surface area contributed by atoms with Crippen LogP contribution in [0.4, 0.5) is 0 Å². The lowest BCUT2D eigenvalue weighted by Crippen LogP contribution is -2.29. The Morgan fingerprint density at radius 2 is 1.85 bits per heavy atom. The second-order valence-corrected chi connectivity index (χ2v) is 9.33. The summed E-state index contributed by atoms with van der Waals surface area (Å²) in [6.07, 6.45) is 4.56. The van der Waals surface area contributed by atoms with E-state index >= 15 is 0 Å². The molecule has 39 heavy (non-hydrogen) atoms. The van der Waals surface area contributed by atoms with Crippen LogP contribution in [-0.2, 0) is 16.1 Å². The Labute approximate surface area is 226 Å². The molecule has 1 N–H and O–H groups in total. The maximum atomic E-state index is 13.4. The Kier molecular flexibility index (Phi) is 7.76. The number of amides is 1. The van der Waals surface area contributed by atoms with Gasteiger partial charge in [-0.2, -0.15) is 0 Å². The molecule has 0 aliphatic carbocycles. The van der Waals surface area contributed by atoms with Gasteiger partial charge in [-0.1, -0.05) is 25.8 Å². The Balaban J connectivity index is 1.57. The van der Waals surface area contributed by atoms with Crippen LogP contribution in [0.25, 0.3) is 5.76 Å². The van der Waals surface area contributed by atoms with E-state index in [0.29, 0.717) is 59.7 Å². The third kappa shape index (κ3) is 5.30. The lowest BCUT2D eigenvalue weighted by Gasteiger charge is -2.25. The summed E-state index contributed by atoms with van der Waals surface area (Å²) < 4.78 is 28.2. The number of furan rings is 1. The van der Waals surface area contributed by atoms with Crippen molar-refractivity contribution in [3.8, 4) is 23.0 Å². The summed E-state index contributed by atoms with van der Waals surface area (Å²) >= 11 is 0. The Hall–Kier alpha value is -4.40. The number of hydrogen-bond acceptors (Lipinski definition) is 8. The smallest absolute Gasteiger partial charge is 0.296 e. The molecule has 1 unspecified atom stereocenters. The van der Waals surface area contributed by atoms with Crippen LogP contribution in [0.1, 0.15) is 49.1 Å². The molecule has 1 aromatic heterocycles. The van der Waals surface area contributed by atoms with E-state index in [2.05, 4.69) is 6.92 Å². The lowest BCUT2D eigenvalue weighted by molar-refractivity contribution is -0.140. The van der Waals surface area contributed by atoms with Crippen LogP contribution in [0.15, 0.2) is 64.8 Å². The highest BCUT2D eigenvalue weighted by molar-refractivity contribution is 6.46. The average molecular weight is 534 g/mol. The van der Waals surface area contributed by atoms with Gasteiger partial charge in [0, 0.05) is 5.56 Å². The van der Waals surface area contributed by atoms with E-state index in [0.717, 1.165) is 19.3 Å². The molecule has 5 rings (SSSR count). The normalized spacial score (nSPS) is 17.9. The number of rotatable bonds is 10. The highest BCUT2D eigenvalue weighted by atomic mass is 16.6. The number of carbonyl (C=O) groups is 2. The van der Waals surface area contributed by atoms with Crippen LogP contribution < -0.4 is 18.9 Å². The molecule has 204 valence electrons. The first kappa shape index (κ1) is 26.2. The van der Waals surface area contributed by atoms with Crippen molar-refractivity contribution in [2.75, 3.05) is 26.9 Å². The van der Waals surface area contributed by atoms with Crippen LogP contribution in [0.5, 0.6) is 23.0 Å². The first-order chi connectivity index (χ1) is 19.0. The largest absolute Gasteiger partial charge is 0.507 e. The molecule has 0 spiro atoms. The third-order valence-corrected chi connectivity index (χ3v) is 6.77. The average Bonchev–Trinajstić information content (AvgIpc) is 3.57. The third-order valence-electron chi connectivity index (χ3n) is 6.77. The van der Waals surface area contributed by atoms with Crippen molar-refractivity contribution >= 4 is 17.4 Å². The molecule has 0 saturated carbocycles. The van der Waals surface area contributed by atoms with Crippen molar-refractivity contribution in [1.82, 2.24) is 4.90 Å². The van der Waals surface area contributed by atoms with Crippen LogP contribution in [0, 0.1) is 0 Å². The van der Waals surface area contributed by atoms with Gasteiger partial charge in [-0.3, -0.25) is 9.59 Å². The van der Waals surface area contributed by atoms with Gasteiger partial charge in [0.25, 0.3) is 11.7 Å². The molecule has 3 heterocycles. The summed E-state index contributed by atoms with van der Waals surface area (Å²) in [5.41, 5.74) is 0.877. The van der Waals surface area contributed by atoms with E-state index in [1.165, 1.54) is 18.3 Å². The first-order valence-corrected chi connectivity index (χ1v) is 13.0. The number of hydrogen-bond donors (Lipinski definition) is 1. The summed E-state index contributed by atoms with van der Waals surface area (Å²) in [5, 5.41) is 11.4. The molecule has 9 heteroatoms. The molecule has 0 radical (unpaired) electrons.